The van der Waals surface area contributed by atoms with Crippen LogP contribution in [0.4, 0.5) is 4.79 Å². The SMILES string of the molecule is CC(C)(C)OC(=O)N1CCC(C/C=N\[S+]([O-])C(C)(C)C)CC1. The van der Waals surface area contributed by atoms with Crippen LogP contribution in [0.15, 0.2) is 4.40 Å². The average molecular weight is 330 g/mol. The Morgan fingerprint density at radius 3 is 2.27 bits per heavy atom. The van der Waals surface area contributed by atoms with E-state index in [0.29, 0.717) is 5.92 Å². The molecule has 1 atom stereocenters. The van der Waals surface area contributed by atoms with Gasteiger partial charge in [-0.15, -0.1) is 0 Å². The number of hydrogen-bond acceptors (Lipinski definition) is 4. The summed E-state index contributed by atoms with van der Waals surface area (Å²) >= 11 is -1.18. The summed E-state index contributed by atoms with van der Waals surface area (Å²) in [5, 5.41) is 0. The van der Waals surface area contributed by atoms with Gasteiger partial charge in [0.1, 0.15) is 21.7 Å². The third kappa shape index (κ3) is 7.01. The van der Waals surface area contributed by atoms with Gasteiger partial charge in [-0.3, -0.25) is 0 Å². The van der Waals surface area contributed by atoms with Gasteiger partial charge in [0.15, 0.2) is 0 Å². The fourth-order valence-corrected chi connectivity index (χ4v) is 2.63. The first kappa shape index (κ1) is 19.3. The van der Waals surface area contributed by atoms with E-state index < -0.39 is 17.0 Å². The smallest absolute Gasteiger partial charge is 0.410 e. The molecule has 1 rings (SSSR count). The van der Waals surface area contributed by atoms with E-state index in [0.717, 1.165) is 32.4 Å². The van der Waals surface area contributed by atoms with Crippen LogP contribution in [-0.2, 0) is 16.1 Å². The molecule has 1 aliphatic rings. The number of carbonyl (C=O) groups excluding carboxylic acids is 1. The molecule has 0 aromatic heterocycles. The molecule has 22 heavy (non-hydrogen) atoms. The second kappa shape index (κ2) is 7.68. The first-order chi connectivity index (χ1) is 9.99. The number of piperidine rings is 1. The number of hydrogen-bond donors (Lipinski definition) is 0. The second-order valence-electron chi connectivity index (χ2n) is 7.80. The number of ether oxygens (including phenoxy) is 1. The number of nitrogens with zero attached hydrogens (tertiary/aromatic N) is 2. The van der Waals surface area contributed by atoms with Gasteiger partial charge in [0.05, 0.1) is 6.21 Å². The predicted molar refractivity (Wildman–Crippen MR) is 91.5 cm³/mol. The highest BCUT2D eigenvalue weighted by atomic mass is 32.2. The molecule has 0 spiro atoms. The fourth-order valence-electron chi connectivity index (χ4n) is 2.10. The molecule has 0 saturated carbocycles. The van der Waals surface area contributed by atoms with Crippen LogP contribution in [0.2, 0.25) is 0 Å². The van der Waals surface area contributed by atoms with Crippen molar-refractivity contribution in [2.24, 2.45) is 10.3 Å². The van der Waals surface area contributed by atoms with Crippen molar-refractivity contribution in [3.63, 3.8) is 0 Å². The van der Waals surface area contributed by atoms with Crippen molar-refractivity contribution in [3.8, 4) is 0 Å². The van der Waals surface area contributed by atoms with Crippen LogP contribution in [0.3, 0.4) is 0 Å². The summed E-state index contributed by atoms with van der Waals surface area (Å²) < 4.78 is 21.0. The van der Waals surface area contributed by atoms with Crippen molar-refractivity contribution in [2.75, 3.05) is 13.1 Å². The molecular weight excluding hydrogens is 300 g/mol. The van der Waals surface area contributed by atoms with E-state index in [2.05, 4.69) is 4.40 Å². The molecule has 1 unspecified atom stereocenters. The standard InChI is InChI=1S/C16H30N2O3S/c1-15(2,3)21-14(19)18-11-8-13(9-12-18)7-10-17-22(20)16(4,5)6/h10,13H,7-9,11-12H2,1-6H3/b17-10-. The van der Waals surface area contributed by atoms with E-state index in [1.54, 1.807) is 11.1 Å². The van der Waals surface area contributed by atoms with E-state index in [1.165, 1.54) is 0 Å². The predicted octanol–water partition coefficient (Wildman–Crippen LogP) is 3.56. The molecule has 1 aliphatic heterocycles. The third-order valence-corrected chi connectivity index (χ3v) is 4.79. The molecule has 6 heteroatoms. The number of amides is 1. The summed E-state index contributed by atoms with van der Waals surface area (Å²) in [5.74, 6) is 0.499. The molecule has 1 fully saturated rings. The zero-order valence-corrected chi connectivity index (χ0v) is 15.5. The molecule has 0 N–H and O–H groups in total. The lowest BCUT2D eigenvalue weighted by molar-refractivity contribution is 0.0187. The van der Waals surface area contributed by atoms with Gasteiger partial charge in [-0.1, -0.05) is 4.40 Å². The normalized spacial score (nSPS) is 19.5. The molecule has 0 radical (unpaired) electrons. The van der Waals surface area contributed by atoms with Crippen LogP contribution in [-0.4, -0.2) is 45.2 Å². The highest BCUT2D eigenvalue weighted by molar-refractivity contribution is 7.91. The maximum Gasteiger partial charge on any atom is 0.410 e. The molecule has 0 aliphatic carbocycles. The van der Waals surface area contributed by atoms with Crippen molar-refractivity contribution in [1.82, 2.24) is 4.90 Å². The molecule has 5 nitrogen and oxygen atoms in total. The van der Waals surface area contributed by atoms with Crippen molar-refractivity contribution >= 4 is 23.7 Å². The first-order valence-corrected chi connectivity index (χ1v) is 9.02. The zero-order valence-electron chi connectivity index (χ0n) is 14.7. The minimum absolute atomic E-state index is 0.228. The minimum atomic E-state index is -1.18. The summed E-state index contributed by atoms with van der Waals surface area (Å²) in [6.45, 7) is 12.8. The average Bonchev–Trinajstić information content (AvgIpc) is 2.36. The van der Waals surface area contributed by atoms with Crippen molar-refractivity contribution < 1.29 is 14.1 Å². The van der Waals surface area contributed by atoms with Crippen LogP contribution in [0.25, 0.3) is 0 Å². The maximum absolute atomic E-state index is 12.0. The van der Waals surface area contributed by atoms with Gasteiger partial charge in [-0.2, -0.15) is 0 Å². The Labute approximate surface area is 137 Å². The topological polar surface area (TPSA) is 65.0 Å². The Hall–Kier alpha value is -0.750. The van der Waals surface area contributed by atoms with Gasteiger partial charge >= 0.3 is 6.09 Å². The summed E-state index contributed by atoms with van der Waals surface area (Å²) in [6, 6.07) is 0. The van der Waals surface area contributed by atoms with Crippen molar-refractivity contribution in [3.05, 3.63) is 0 Å². The quantitative estimate of drug-likeness (QED) is 0.587. The lowest BCUT2D eigenvalue weighted by Crippen LogP contribution is -2.41. The summed E-state index contributed by atoms with van der Waals surface area (Å²) in [5.41, 5.74) is -0.447. The van der Waals surface area contributed by atoms with Gasteiger partial charge in [-0.05, 0) is 66.7 Å². The van der Waals surface area contributed by atoms with Crippen LogP contribution < -0.4 is 0 Å². The van der Waals surface area contributed by atoms with Crippen LogP contribution in [0.5, 0.6) is 0 Å². The zero-order chi connectivity index (χ0) is 17.0. The maximum atomic E-state index is 12.0. The number of carbonyl (C=O) groups is 1. The Bertz CT molecular complexity index is 391. The molecule has 128 valence electrons. The van der Waals surface area contributed by atoms with Crippen LogP contribution >= 0.6 is 0 Å². The van der Waals surface area contributed by atoms with Gasteiger partial charge in [-0.25, -0.2) is 4.79 Å². The highest BCUT2D eigenvalue weighted by Crippen LogP contribution is 2.22. The lowest BCUT2D eigenvalue weighted by Gasteiger charge is -2.33. The van der Waals surface area contributed by atoms with Crippen molar-refractivity contribution in [2.45, 2.75) is 71.2 Å². The molecule has 0 bridgehead atoms. The van der Waals surface area contributed by atoms with Gasteiger partial charge in [0, 0.05) is 13.1 Å². The Kier molecular flexibility index (Phi) is 6.74. The first-order valence-electron chi connectivity index (χ1n) is 7.91. The summed E-state index contributed by atoms with van der Waals surface area (Å²) in [7, 11) is 0. The number of likely N-dealkylation sites (tertiary alicyclic amines) is 1. The molecule has 1 saturated heterocycles. The molecule has 1 heterocycles. The monoisotopic (exact) mass is 330 g/mol. The minimum Gasteiger partial charge on any atom is -0.591 e. The van der Waals surface area contributed by atoms with E-state index in [1.807, 2.05) is 41.5 Å². The molecule has 0 aromatic rings. The Morgan fingerprint density at radius 2 is 1.82 bits per heavy atom. The van der Waals surface area contributed by atoms with Crippen molar-refractivity contribution in [1.29, 1.82) is 0 Å². The van der Waals surface area contributed by atoms with E-state index in [-0.39, 0.29) is 10.8 Å². The Morgan fingerprint density at radius 1 is 1.27 bits per heavy atom. The third-order valence-electron chi connectivity index (χ3n) is 3.40. The molecular formula is C16H30N2O3S. The summed E-state index contributed by atoms with van der Waals surface area (Å²) in [6.07, 6.45) is 4.26. The van der Waals surface area contributed by atoms with Gasteiger partial charge < -0.3 is 14.2 Å². The molecule has 1 amide bonds. The summed E-state index contributed by atoms with van der Waals surface area (Å²) in [4.78, 5) is 13.7. The largest absolute Gasteiger partial charge is 0.591 e. The molecule has 0 aromatic carbocycles. The van der Waals surface area contributed by atoms with E-state index in [4.69, 9.17) is 4.74 Å². The number of rotatable bonds is 3. The van der Waals surface area contributed by atoms with Crippen LogP contribution in [0.1, 0.15) is 60.8 Å². The fraction of sp³-hybridized carbons (Fsp3) is 0.875. The Balaban J connectivity index is 2.34. The second-order valence-corrected chi connectivity index (χ2v) is 9.73. The van der Waals surface area contributed by atoms with Gasteiger partial charge in [0.2, 0.25) is 0 Å². The lowest BCUT2D eigenvalue weighted by atomic mass is 9.94. The van der Waals surface area contributed by atoms with Gasteiger partial charge in [0.25, 0.3) is 0 Å². The van der Waals surface area contributed by atoms with E-state index >= 15 is 0 Å². The van der Waals surface area contributed by atoms with E-state index in [9.17, 15) is 9.35 Å². The van der Waals surface area contributed by atoms with Crippen LogP contribution in [0, 0.1) is 5.92 Å². The highest BCUT2D eigenvalue weighted by Gasteiger charge is 2.28.